The van der Waals surface area contributed by atoms with Crippen molar-refractivity contribution in [3.8, 4) is 0 Å². The molecule has 0 atom stereocenters. The van der Waals surface area contributed by atoms with E-state index in [4.69, 9.17) is 0 Å². The van der Waals surface area contributed by atoms with Gasteiger partial charge >= 0.3 is 0 Å². The highest BCUT2D eigenvalue weighted by Crippen LogP contribution is 2.31. The zero-order valence-electron chi connectivity index (χ0n) is 8.50. The summed E-state index contributed by atoms with van der Waals surface area (Å²) in [5.41, 5.74) is 0.786. The molecular formula is C12H14INO. The number of benzene rings is 1. The summed E-state index contributed by atoms with van der Waals surface area (Å²) in [6.07, 6.45) is 3.83. The van der Waals surface area contributed by atoms with Gasteiger partial charge in [0.25, 0.3) is 5.91 Å². The zero-order valence-corrected chi connectivity index (χ0v) is 10.7. The molecule has 1 aliphatic carbocycles. The van der Waals surface area contributed by atoms with Gasteiger partial charge in [-0.05, 0) is 47.1 Å². The molecule has 0 radical (unpaired) electrons. The highest BCUT2D eigenvalue weighted by Gasteiger charge is 2.20. The molecule has 3 heteroatoms. The number of nitrogens with one attached hydrogen (secondary N) is 1. The third-order valence-electron chi connectivity index (χ3n) is 2.65. The summed E-state index contributed by atoms with van der Waals surface area (Å²) in [5.74, 6) is 0.931. The fourth-order valence-electron chi connectivity index (χ4n) is 1.54. The third-order valence-corrected chi connectivity index (χ3v) is 3.59. The van der Waals surface area contributed by atoms with Gasteiger partial charge < -0.3 is 5.32 Å². The van der Waals surface area contributed by atoms with Crippen molar-refractivity contribution >= 4 is 28.5 Å². The van der Waals surface area contributed by atoms with Crippen molar-refractivity contribution in [2.75, 3.05) is 6.54 Å². The van der Waals surface area contributed by atoms with Crippen LogP contribution in [0, 0.1) is 9.49 Å². The normalized spacial score (nSPS) is 15.0. The van der Waals surface area contributed by atoms with Crippen LogP contribution in [0.1, 0.15) is 29.6 Å². The molecule has 0 heterocycles. The molecule has 0 aliphatic heterocycles. The Labute approximate surface area is 104 Å². The monoisotopic (exact) mass is 315 g/mol. The Balaban J connectivity index is 1.86. The van der Waals surface area contributed by atoms with E-state index in [2.05, 4.69) is 27.9 Å². The predicted octanol–water partition coefficient (Wildman–Crippen LogP) is 2.82. The van der Waals surface area contributed by atoms with Gasteiger partial charge in [-0.1, -0.05) is 25.0 Å². The van der Waals surface area contributed by atoms with E-state index in [9.17, 15) is 4.79 Å². The standard InChI is InChI=1S/C12H14INO/c13-11-4-2-1-3-10(11)12(15)14-8-7-9-5-6-9/h1-4,9H,5-8H2,(H,14,15). The zero-order chi connectivity index (χ0) is 10.7. The minimum atomic E-state index is 0.0562. The highest BCUT2D eigenvalue weighted by molar-refractivity contribution is 14.1. The Morgan fingerprint density at radius 3 is 2.80 bits per heavy atom. The first kappa shape index (κ1) is 10.9. The van der Waals surface area contributed by atoms with Gasteiger partial charge in [0.15, 0.2) is 0 Å². The van der Waals surface area contributed by atoms with Gasteiger partial charge in [0.05, 0.1) is 5.56 Å². The molecule has 0 spiro atoms. The van der Waals surface area contributed by atoms with Crippen molar-refractivity contribution < 1.29 is 4.79 Å². The summed E-state index contributed by atoms with van der Waals surface area (Å²) in [5, 5.41) is 2.97. The van der Waals surface area contributed by atoms with E-state index in [1.807, 2.05) is 24.3 Å². The average Bonchev–Trinajstić information content (AvgIpc) is 3.02. The maximum absolute atomic E-state index is 11.8. The van der Waals surface area contributed by atoms with Crippen LogP contribution in [0.15, 0.2) is 24.3 Å². The van der Waals surface area contributed by atoms with Crippen LogP contribution in [0.25, 0.3) is 0 Å². The van der Waals surface area contributed by atoms with Crippen LogP contribution in [0.2, 0.25) is 0 Å². The topological polar surface area (TPSA) is 29.1 Å². The summed E-state index contributed by atoms with van der Waals surface area (Å²) in [7, 11) is 0. The van der Waals surface area contributed by atoms with E-state index in [0.29, 0.717) is 0 Å². The van der Waals surface area contributed by atoms with Crippen LogP contribution in [0.5, 0.6) is 0 Å². The van der Waals surface area contributed by atoms with E-state index in [1.165, 1.54) is 12.8 Å². The van der Waals surface area contributed by atoms with Crippen molar-refractivity contribution in [2.24, 2.45) is 5.92 Å². The Morgan fingerprint density at radius 2 is 2.13 bits per heavy atom. The molecule has 80 valence electrons. The van der Waals surface area contributed by atoms with Gasteiger partial charge in [0, 0.05) is 10.1 Å². The summed E-state index contributed by atoms with van der Waals surface area (Å²) < 4.78 is 1.01. The lowest BCUT2D eigenvalue weighted by molar-refractivity contribution is 0.0952. The summed E-state index contributed by atoms with van der Waals surface area (Å²) >= 11 is 2.19. The lowest BCUT2D eigenvalue weighted by Gasteiger charge is -2.05. The maximum Gasteiger partial charge on any atom is 0.252 e. The summed E-state index contributed by atoms with van der Waals surface area (Å²) in [6.45, 7) is 0.814. The fourth-order valence-corrected chi connectivity index (χ4v) is 2.17. The molecule has 1 N–H and O–H groups in total. The molecule has 0 unspecified atom stereocenters. The second kappa shape index (κ2) is 4.96. The fraction of sp³-hybridized carbons (Fsp3) is 0.417. The van der Waals surface area contributed by atoms with Gasteiger partial charge in [0.2, 0.25) is 0 Å². The van der Waals surface area contributed by atoms with Crippen LogP contribution in [0.4, 0.5) is 0 Å². The minimum Gasteiger partial charge on any atom is -0.352 e. The Hall–Kier alpha value is -0.580. The molecule has 15 heavy (non-hydrogen) atoms. The number of rotatable bonds is 4. The van der Waals surface area contributed by atoms with Crippen molar-refractivity contribution in [2.45, 2.75) is 19.3 Å². The first-order valence-electron chi connectivity index (χ1n) is 5.30. The molecule has 1 amide bonds. The van der Waals surface area contributed by atoms with Crippen LogP contribution < -0.4 is 5.32 Å². The number of hydrogen-bond donors (Lipinski definition) is 1. The van der Waals surface area contributed by atoms with E-state index >= 15 is 0 Å². The van der Waals surface area contributed by atoms with Crippen LogP contribution >= 0.6 is 22.6 Å². The molecule has 1 fully saturated rings. The van der Waals surface area contributed by atoms with Crippen LogP contribution in [-0.2, 0) is 0 Å². The molecule has 0 saturated heterocycles. The van der Waals surface area contributed by atoms with Gasteiger partial charge in [-0.3, -0.25) is 4.79 Å². The Kier molecular flexibility index (Phi) is 3.61. The molecular weight excluding hydrogens is 301 g/mol. The van der Waals surface area contributed by atoms with Gasteiger partial charge in [-0.2, -0.15) is 0 Å². The Bertz CT molecular complexity index is 360. The molecule has 0 bridgehead atoms. The van der Waals surface area contributed by atoms with Crippen molar-refractivity contribution in [3.05, 3.63) is 33.4 Å². The average molecular weight is 315 g/mol. The number of halogens is 1. The summed E-state index contributed by atoms with van der Waals surface area (Å²) in [4.78, 5) is 11.8. The lowest BCUT2D eigenvalue weighted by atomic mass is 10.2. The predicted molar refractivity (Wildman–Crippen MR) is 68.8 cm³/mol. The second-order valence-electron chi connectivity index (χ2n) is 3.97. The largest absolute Gasteiger partial charge is 0.352 e. The van der Waals surface area contributed by atoms with Gasteiger partial charge in [0.1, 0.15) is 0 Å². The van der Waals surface area contributed by atoms with Crippen molar-refractivity contribution in [3.63, 3.8) is 0 Å². The molecule has 0 aromatic heterocycles. The number of hydrogen-bond acceptors (Lipinski definition) is 1. The smallest absolute Gasteiger partial charge is 0.252 e. The Morgan fingerprint density at radius 1 is 1.40 bits per heavy atom. The van der Waals surface area contributed by atoms with Gasteiger partial charge in [-0.25, -0.2) is 0 Å². The molecule has 1 aromatic rings. The molecule has 2 nitrogen and oxygen atoms in total. The number of carbonyl (C=O) groups excluding carboxylic acids is 1. The van der Waals surface area contributed by atoms with Crippen LogP contribution in [-0.4, -0.2) is 12.5 Å². The summed E-state index contributed by atoms with van der Waals surface area (Å²) in [6, 6.07) is 7.67. The molecule has 1 aromatic carbocycles. The maximum atomic E-state index is 11.8. The van der Waals surface area contributed by atoms with Gasteiger partial charge in [-0.15, -0.1) is 0 Å². The molecule has 1 saturated carbocycles. The van der Waals surface area contributed by atoms with E-state index in [0.717, 1.165) is 28.0 Å². The van der Waals surface area contributed by atoms with Crippen molar-refractivity contribution in [1.29, 1.82) is 0 Å². The number of carbonyl (C=O) groups is 1. The second-order valence-corrected chi connectivity index (χ2v) is 5.13. The SMILES string of the molecule is O=C(NCCC1CC1)c1ccccc1I. The molecule has 2 rings (SSSR count). The van der Waals surface area contributed by atoms with E-state index in [1.54, 1.807) is 0 Å². The third kappa shape index (κ3) is 3.19. The first-order chi connectivity index (χ1) is 7.27. The van der Waals surface area contributed by atoms with E-state index < -0.39 is 0 Å². The first-order valence-corrected chi connectivity index (χ1v) is 6.38. The minimum absolute atomic E-state index is 0.0562. The van der Waals surface area contributed by atoms with Crippen molar-refractivity contribution in [1.82, 2.24) is 5.32 Å². The lowest BCUT2D eigenvalue weighted by Crippen LogP contribution is -2.25. The van der Waals surface area contributed by atoms with E-state index in [-0.39, 0.29) is 5.91 Å². The quantitative estimate of drug-likeness (QED) is 0.851. The number of amides is 1. The molecule has 1 aliphatic rings. The highest BCUT2D eigenvalue weighted by atomic mass is 127. The van der Waals surface area contributed by atoms with Crippen LogP contribution in [0.3, 0.4) is 0 Å².